The average molecular weight is 513 g/mol. The zero-order valence-corrected chi connectivity index (χ0v) is 19.6. The normalized spacial score (nSPS) is 10.2. The lowest BCUT2D eigenvalue weighted by molar-refractivity contribution is 0.0933. The number of hydrogen-bond donors (Lipinski definition) is 3. The topological polar surface area (TPSA) is 79.5 Å². The molecule has 3 N–H and O–H groups in total. The van der Waals surface area contributed by atoms with Gasteiger partial charge in [0.05, 0.1) is 22.8 Å². The highest BCUT2D eigenvalue weighted by Gasteiger charge is 2.16. The number of ether oxygens (including phenoxy) is 1. The fourth-order valence-corrected chi connectivity index (χ4v) is 3.27. The molecule has 0 aromatic heterocycles. The number of amides is 2. The molecule has 160 valence electrons. The molecular formula is C21H23BrClN3O3S. The molecule has 6 nitrogen and oxygen atoms in total. The van der Waals surface area contributed by atoms with E-state index < -0.39 is 11.8 Å². The van der Waals surface area contributed by atoms with Crippen LogP contribution < -0.4 is 20.9 Å². The molecule has 2 rings (SSSR count). The minimum absolute atomic E-state index is 0.0609. The van der Waals surface area contributed by atoms with Gasteiger partial charge < -0.3 is 4.74 Å². The van der Waals surface area contributed by atoms with Gasteiger partial charge in [-0.3, -0.25) is 25.8 Å². The first-order valence-corrected chi connectivity index (χ1v) is 11.1. The van der Waals surface area contributed by atoms with Gasteiger partial charge in [-0.15, -0.1) is 0 Å². The largest absolute Gasteiger partial charge is 0.493 e. The fourth-order valence-electron chi connectivity index (χ4n) is 2.54. The third-order valence-corrected chi connectivity index (χ3v) is 5.10. The number of hydrazine groups is 1. The van der Waals surface area contributed by atoms with Crippen molar-refractivity contribution in [3.05, 3.63) is 63.1 Å². The first-order valence-electron chi connectivity index (χ1n) is 9.51. The fraction of sp³-hybridized carbons (Fsp3) is 0.286. The van der Waals surface area contributed by atoms with Crippen LogP contribution in [0.1, 0.15) is 53.3 Å². The van der Waals surface area contributed by atoms with E-state index in [4.69, 9.17) is 28.6 Å². The molecule has 0 radical (unpaired) electrons. The lowest BCUT2D eigenvalue weighted by atomic mass is 10.2. The van der Waals surface area contributed by atoms with Crippen LogP contribution in [0.5, 0.6) is 5.75 Å². The first-order chi connectivity index (χ1) is 14.4. The smallest absolute Gasteiger partial charge is 0.271 e. The quantitative estimate of drug-likeness (QED) is 0.263. The van der Waals surface area contributed by atoms with Crippen LogP contribution in [0.4, 0.5) is 0 Å². The summed E-state index contributed by atoms with van der Waals surface area (Å²) in [6.07, 6.45) is 4.28. The Kier molecular flexibility index (Phi) is 10.1. The summed E-state index contributed by atoms with van der Waals surface area (Å²) in [5.41, 5.74) is 5.52. The molecule has 0 saturated carbocycles. The van der Waals surface area contributed by atoms with Crippen LogP contribution in [0.2, 0.25) is 5.02 Å². The highest BCUT2D eigenvalue weighted by molar-refractivity contribution is 9.10. The molecule has 2 aromatic carbocycles. The zero-order chi connectivity index (χ0) is 21.9. The third kappa shape index (κ3) is 7.59. The Morgan fingerprint density at radius 1 is 1.03 bits per heavy atom. The molecule has 0 atom stereocenters. The van der Waals surface area contributed by atoms with Gasteiger partial charge >= 0.3 is 0 Å². The summed E-state index contributed by atoms with van der Waals surface area (Å²) in [5.74, 6) is -0.463. The molecule has 2 amide bonds. The second-order valence-electron chi connectivity index (χ2n) is 6.39. The summed E-state index contributed by atoms with van der Waals surface area (Å²) in [6, 6.07) is 11.8. The lowest BCUT2D eigenvalue weighted by Crippen LogP contribution is -2.48. The van der Waals surface area contributed by atoms with E-state index in [0.717, 1.165) is 30.2 Å². The minimum Gasteiger partial charge on any atom is -0.493 e. The number of carbonyl (C=O) groups excluding carboxylic acids is 2. The van der Waals surface area contributed by atoms with E-state index in [9.17, 15) is 9.59 Å². The van der Waals surface area contributed by atoms with Crippen LogP contribution in [-0.2, 0) is 0 Å². The molecule has 9 heteroatoms. The lowest BCUT2D eigenvalue weighted by Gasteiger charge is -2.14. The molecule has 0 aliphatic rings. The summed E-state index contributed by atoms with van der Waals surface area (Å²) in [4.78, 5) is 24.8. The van der Waals surface area contributed by atoms with Crippen molar-refractivity contribution in [2.75, 3.05) is 6.61 Å². The molecule has 0 unspecified atom stereocenters. The first kappa shape index (κ1) is 24.1. The molecule has 0 bridgehead atoms. The highest BCUT2D eigenvalue weighted by Crippen LogP contribution is 2.23. The highest BCUT2D eigenvalue weighted by atomic mass is 79.9. The molecule has 2 aromatic rings. The van der Waals surface area contributed by atoms with Crippen molar-refractivity contribution in [2.45, 2.75) is 32.6 Å². The van der Waals surface area contributed by atoms with Crippen LogP contribution in [0.15, 0.2) is 46.9 Å². The predicted octanol–water partition coefficient (Wildman–Crippen LogP) is 5.01. The van der Waals surface area contributed by atoms with Crippen molar-refractivity contribution >= 4 is 56.7 Å². The minimum atomic E-state index is -0.476. The summed E-state index contributed by atoms with van der Waals surface area (Å²) in [7, 11) is 0. The Morgan fingerprint density at radius 3 is 2.53 bits per heavy atom. The molecule has 0 fully saturated rings. The molecule has 30 heavy (non-hydrogen) atoms. The number of nitrogens with one attached hydrogen (secondary N) is 3. The predicted molar refractivity (Wildman–Crippen MR) is 126 cm³/mol. The van der Waals surface area contributed by atoms with Gasteiger partial charge in [-0.1, -0.05) is 65.8 Å². The summed E-state index contributed by atoms with van der Waals surface area (Å²) >= 11 is 14.5. The Bertz CT molecular complexity index is 911. The Morgan fingerprint density at radius 2 is 1.80 bits per heavy atom. The number of halogens is 2. The van der Waals surface area contributed by atoms with Crippen LogP contribution in [0.3, 0.4) is 0 Å². The van der Waals surface area contributed by atoms with Gasteiger partial charge in [-0.2, -0.15) is 0 Å². The van der Waals surface area contributed by atoms with Crippen LogP contribution >= 0.6 is 39.7 Å². The third-order valence-electron chi connectivity index (χ3n) is 4.08. The van der Waals surface area contributed by atoms with Gasteiger partial charge in [0.15, 0.2) is 5.11 Å². The molecule has 0 aliphatic carbocycles. The number of unbranched alkanes of at least 4 members (excludes halogenated alkanes) is 3. The van der Waals surface area contributed by atoms with Crippen molar-refractivity contribution in [1.82, 2.24) is 16.2 Å². The monoisotopic (exact) mass is 511 g/mol. The number of thiocarbonyl (C=S) groups is 1. The van der Waals surface area contributed by atoms with E-state index >= 15 is 0 Å². The number of carbonyl (C=O) groups is 2. The van der Waals surface area contributed by atoms with Gasteiger partial charge in [0.2, 0.25) is 0 Å². The zero-order valence-electron chi connectivity index (χ0n) is 16.5. The van der Waals surface area contributed by atoms with Crippen LogP contribution in [0, 0.1) is 0 Å². The molecule has 0 saturated heterocycles. The SMILES string of the molecule is CCCCCCOc1ccc(Br)cc1C(=O)NC(=S)NNC(=O)c1ccccc1Cl. The number of hydrogen-bond acceptors (Lipinski definition) is 4. The standard InChI is InChI=1S/C21H23BrClN3O3S/c1-2-3-4-7-12-29-18-11-10-14(22)13-16(18)19(27)24-21(30)26-25-20(28)15-8-5-6-9-17(15)23/h5-6,8-11,13H,2-4,7,12H2,1H3,(H,25,28)(H2,24,26,27,30). The maximum absolute atomic E-state index is 12.7. The van der Waals surface area contributed by atoms with E-state index in [-0.39, 0.29) is 10.7 Å². The summed E-state index contributed by atoms with van der Waals surface area (Å²) in [6.45, 7) is 2.67. The van der Waals surface area contributed by atoms with Crippen molar-refractivity contribution in [2.24, 2.45) is 0 Å². The maximum Gasteiger partial charge on any atom is 0.271 e. The van der Waals surface area contributed by atoms with Gasteiger partial charge in [0, 0.05) is 4.47 Å². The molecular weight excluding hydrogens is 490 g/mol. The van der Waals surface area contributed by atoms with E-state index in [0.29, 0.717) is 22.9 Å². The van der Waals surface area contributed by atoms with Crippen molar-refractivity contribution in [3.63, 3.8) is 0 Å². The second kappa shape index (κ2) is 12.5. The molecule has 0 spiro atoms. The van der Waals surface area contributed by atoms with Crippen LogP contribution in [0.25, 0.3) is 0 Å². The summed E-state index contributed by atoms with van der Waals surface area (Å²) in [5, 5.41) is 2.78. The molecule has 0 aliphatic heterocycles. The molecule has 0 heterocycles. The van der Waals surface area contributed by atoms with Gasteiger partial charge in [0.1, 0.15) is 5.75 Å². The number of benzene rings is 2. The van der Waals surface area contributed by atoms with Gasteiger partial charge in [-0.05, 0) is 49.0 Å². The van der Waals surface area contributed by atoms with Crippen molar-refractivity contribution in [1.29, 1.82) is 0 Å². The second-order valence-corrected chi connectivity index (χ2v) is 8.12. The van der Waals surface area contributed by atoms with Crippen molar-refractivity contribution < 1.29 is 14.3 Å². The van der Waals surface area contributed by atoms with E-state index in [1.807, 2.05) is 0 Å². The average Bonchev–Trinajstić information content (AvgIpc) is 2.73. The van der Waals surface area contributed by atoms with Crippen LogP contribution in [-0.4, -0.2) is 23.5 Å². The van der Waals surface area contributed by atoms with E-state index in [1.165, 1.54) is 0 Å². The van der Waals surface area contributed by atoms with Crippen molar-refractivity contribution in [3.8, 4) is 5.75 Å². The Labute approximate surface area is 194 Å². The Hall–Kier alpha value is -2.16. The van der Waals surface area contributed by atoms with Gasteiger partial charge in [-0.25, -0.2) is 0 Å². The Balaban J connectivity index is 1.92. The van der Waals surface area contributed by atoms with E-state index in [1.54, 1.807) is 42.5 Å². The maximum atomic E-state index is 12.7. The summed E-state index contributed by atoms with van der Waals surface area (Å²) < 4.78 is 6.51. The van der Waals surface area contributed by atoms with Gasteiger partial charge in [0.25, 0.3) is 11.8 Å². The van der Waals surface area contributed by atoms with E-state index in [2.05, 4.69) is 39.0 Å². The number of rotatable bonds is 8.